The summed E-state index contributed by atoms with van der Waals surface area (Å²) < 4.78 is 2.10. The Balaban J connectivity index is 2.10. The molecule has 3 rings (SSSR count). The van der Waals surface area contributed by atoms with Gasteiger partial charge in [-0.1, -0.05) is 12.1 Å². The molecular weight excluding hydrogens is 276 g/mol. The highest BCUT2D eigenvalue weighted by Crippen LogP contribution is 2.28. The quantitative estimate of drug-likeness (QED) is 0.751. The van der Waals surface area contributed by atoms with E-state index in [0.29, 0.717) is 6.54 Å². The van der Waals surface area contributed by atoms with Crippen molar-refractivity contribution in [2.75, 3.05) is 12.8 Å². The fourth-order valence-electron chi connectivity index (χ4n) is 2.03. The standard InChI is InChI=1S/C13H14N4S2/c1-18-10-4-2-9(3-5-10)11-8-19-13-16-15-12(6-7-14)17(11)13/h2-5,8H,6-7,14H2,1H3. The van der Waals surface area contributed by atoms with Crippen molar-refractivity contribution in [3.05, 3.63) is 35.5 Å². The van der Waals surface area contributed by atoms with Crippen LogP contribution in [0.3, 0.4) is 0 Å². The molecule has 0 aliphatic carbocycles. The van der Waals surface area contributed by atoms with Gasteiger partial charge in [0.1, 0.15) is 5.82 Å². The predicted molar refractivity (Wildman–Crippen MR) is 80.8 cm³/mol. The first-order valence-electron chi connectivity index (χ1n) is 5.99. The van der Waals surface area contributed by atoms with Gasteiger partial charge in [-0.15, -0.1) is 33.3 Å². The van der Waals surface area contributed by atoms with E-state index < -0.39 is 0 Å². The van der Waals surface area contributed by atoms with Crippen LogP contribution < -0.4 is 5.73 Å². The van der Waals surface area contributed by atoms with Gasteiger partial charge in [-0.2, -0.15) is 0 Å². The van der Waals surface area contributed by atoms with Crippen molar-refractivity contribution < 1.29 is 0 Å². The molecule has 0 atom stereocenters. The second-order valence-electron chi connectivity index (χ2n) is 4.12. The lowest BCUT2D eigenvalue weighted by Crippen LogP contribution is -2.06. The van der Waals surface area contributed by atoms with E-state index in [1.165, 1.54) is 10.5 Å². The van der Waals surface area contributed by atoms with Gasteiger partial charge < -0.3 is 5.73 Å². The summed E-state index contributed by atoms with van der Waals surface area (Å²) in [6.45, 7) is 0.585. The van der Waals surface area contributed by atoms with E-state index in [0.717, 1.165) is 22.9 Å². The van der Waals surface area contributed by atoms with Gasteiger partial charge in [0.25, 0.3) is 0 Å². The molecule has 0 amide bonds. The van der Waals surface area contributed by atoms with E-state index in [4.69, 9.17) is 5.73 Å². The molecule has 0 aliphatic heterocycles. The summed E-state index contributed by atoms with van der Waals surface area (Å²) in [5.74, 6) is 0.933. The fraction of sp³-hybridized carbons (Fsp3) is 0.231. The number of nitrogens with zero attached hydrogens (tertiary/aromatic N) is 3. The summed E-state index contributed by atoms with van der Waals surface area (Å²) in [6.07, 6.45) is 2.82. The zero-order valence-electron chi connectivity index (χ0n) is 10.5. The lowest BCUT2D eigenvalue weighted by atomic mass is 10.2. The van der Waals surface area contributed by atoms with E-state index in [2.05, 4.69) is 50.5 Å². The minimum Gasteiger partial charge on any atom is -0.330 e. The summed E-state index contributed by atoms with van der Waals surface area (Å²) in [5, 5.41) is 10.5. The third kappa shape index (κ3) is 2.27. The number of hydrogen-bond acceptors (Lipinski definition) is 5. The van der Waals surface area contributed by atoms with Gasteiger partial charge in [0, 0.05) is 16.7 Å². The molecule has 2 heterocycles. The molecule has 2 aromatic heterocycles. The first-order valence-corrected chi connectivity index (χ1v) is 8.10. The van der Waals surface area contributed by atoms with Gasteiger partial charge in [-0.05, 0) is 30.5 Å². The molecular formula is C13H14N4S2. The van der Waals surface area contributed by atoms with Gasteiger partial charge in [0.2, 0.25) is 4.96 Å². The summed E-state index contributed by atoms with van der Waals surface area (Å²) in [5.41, 5.74) is 7.95. The van der Waals surface area contributed by atoms with Crippen molar-refractivity contribution in [3.8, 4) is 11.3 Å². The fourth-order valence-corrected chi connectivity index (χ4v) is 3.29. The third-order valence-corrected chi connectivity index (χ3v) is 4.53. The smallest absolute Gasteiger partial charge is 0.216 e. The molecule has 0 saturated carbocycles. The number of thioether (sulfide) groups is 1. The molecule has 6 heteroatoms. The Hall–Kier alpha value is -1.37. The minimum atomic E-state index is 0.585. The zero-order valence-corrected chi connectivity index (χ0v) is 12.2. The molecule has 3 aromatic rings. The molecule has 98 valence electrons. The second-order valence-corrected chi connectivity index (χ2v) is 5.84. The van der Waals surface area contributed by atoms with Crippen LogP contribution in [0.25, 0.3) is 16.2 Å². The van der Waals surface area contributed by atoms with Gasteiger partial charge in [0.15, 0.2) is 0 Å². The topological polar surface area (TPSA) is 56.2 Å². The van der Waals surface area contributed by atoms with Crippen LogP contribution in [0.2, 0.25) is 0 Å². The largest absolute Gasteiger partial charge is 0.330 e. The van der Waals surface area contributed by atoms with Crippen molar-refractivity contribution in [3.63, 3.8) is 0 Å². The Morgan fingerprint density at radius 1 is 1.26 bits per heavy atom. The molecule has 4 nitrogen and oxygen atoms in total. The van der Waals surface area contributed by atoms with Crippen molar-refractivity contribution in [1.82, 2.24) is 14.6 Å². The van der Waals surface area contributed by atoms with E-state index >= 15 is 0 Å². The Morgan fingerprint density at radius 2 is 2.05 bits per heavy atom. The van der Waals surface area contributed by atoms with Gasteiger partial charge in [-0.3, -0.25) is 4.40 Å². The van der Waals surface area contributed by atoms with Gasteiger partial charge >= 0.3 is 0 Å². The van der Waals surface area contributed by atoms with E-state index in [1.54, 1.807) is 23.1 Å². The number of rotatable bonds is 4. The maximum Gasteiger partial charge on any atom is 0.216 e. The summed E-state index contributed by atoms with van der Waals surface area (Å²) in [4.78, 5) is 2.19. The van der Waals surface area contributed by atoms with Gasteiger partial charge in [0.05, 0.1) is 5.69 Å². The highest BCUT2D eigenvalue weighted by atomic mass is 32.2. The lowest BCUT2D eigenvalue weighted by molar-refractivity contribution is 0.851. The van der Waals surface area contributed by atoms with Crippen LogP contribution in [0.5, 0.6) is 0 Å². The molecule has 0 fully saturated rings. The minimum absolute atomic E-state index is 0.585. The number of hydrogen-bond donors (Lipinski definition) is 1. The van der Waals surface area contributed by atoms with Crippen molar-refractivity contribution in [2.24, 2.45) is 5.73 Å². The maximum atomic E-state index is 5.63. The highest BCUT2D eigenvalue weighted by molar-refractivity contribution is 7.98. The van der Waals surface area contributed by atoms with Crippen LogP contribution in [-0.4, -0.2) is 27.4 Å². The molecule has 0 spiro atoms. The first-order chi connectivity index (χ1) is 9.33. The lowest BCUT2D eigenvalue weighted by Gasteiger charge is -2.03. The normalized spacial score (nSPS) is 11.3. The van der Waals surface area contributed by atoms with Gasteiger partial charge in [-0.25, -0.2) is 0 Å². The van der Waals surface area contributed by atoms with Crippen LogP contribution in [-0.2, 0) is 6.42 Å². The Kier molecular flexibility index (Phi) is 3.54. The van der Waals surface area contributed by atoms with E-state index in [1.807, 2.05) is 0 Å². The number of nitrogens with two attached hydrogens (primary N) is 1. The molecule has 0 unspecified atom stereocenters. The Bertz CT molecular complexity index is 684. The highest BCUT2D eigenvalue weighted by Gasteiger charge is 2.12. The number of aromatic nitrogens is 3. The predicted octanol–water partition coefficient (Wildman–Crippen LogP) is 2.68. The monoisotopic (exact) mass is 290 g/mol. The van der Waals surface area contributed by atoms with E-state index in [9.17, 15) is 0 Å². The van der Waals surface area contributed by atoms with Crippen LogP contribution in [0.15, 0.2) is 34.5 Å². The van der Waals surface area contributed by atoms with Crippen molar-refractivity contribution in [1.29, 1.82) is 0 Å². The third-order valence-electron chi connectivity index (χ3n) is 2.97. The number of thiazole rings is 1. The van der Waals surface area contributed by atoms with Crippen molar-refractivity contribution >= 4 is 28.1 Å². The number of fused-ring (bicyclic) bond motifs is 1. The van der Waals surface area contributed by atoms with Crippen LogP contribution >= 0.6 is 23.1 Å². The summed E-state index contributed by atoms with van der Waals surface area (Å²) >= 11 is 3.35. The van der Waals surface area contributed by atoms with Crippen LogP contribution in [0, 0.1) is 0 Å². The molecule has 0 radical (unpaired) electrons. The Labute approximate surface area is 119 Å². The summed E-state index contributed by atoms with van der Waals surface area (Å²) in [6, 6.07) is 8.55. The SMILES string of the molecule is CSc1ccc(-c2csc3nnc(CCN)n23)cc1. The average molecular weight is 290 g/mol. The Morgan fingerprint density at radius 3 is 2.74 bits per heavy atom. The zero-order chi connectivity index (χ0) is 13.2. The molecule has 0 aliphatic rings. The molecule has 2 N–H and O–H groups in total. The van der Waals surface area contributed by atoms with E-state index in [-0.39, 0.29) is 0 Å². The van der Waals surface area contributed by atoms with Crippen LogP contribution in [0.1, 0.15) is 5.82 Å². The first kappa shape index (κ1) is 12.7. The maximum absolute atomic E-state index is 5.63. The average Bonchev–Trinajstić information content (AvgIpc) is 3.02. The number of benzene rings is 1. The summed E-state index contributed by atoms with van der Waals surface area (Å²) in [7, 11) is 0. The second kappa shape index (κ2) is 5.32. The molecule has 1 aromatic carbocycles. The molecule has 0 saturated heterocycles. The molecule has 19 heavy (non-hydrogen) atoms. The van der Waals surface area contributed by atoms with Crippen molar-refractivity contribution in [2.45, 2.75) is 11.3 Å². The van der Waals surface area contributed by atoms with Crippen LogP contribution in [0.4, 0.5) is 0 Å². The molecule has 0 bridgehead atoms.